The molecule has 3 heterocycles. The molecular formula is C29H42N4O2S. The lowest BCUT2D eigenvalue weighted by Gasteiger charge is -2.32. The van der Waals surface area contributed by atoms with Crippen LogP contribution in [-0.2, 0) is 22.7 Å². The Bertz CT molecular complexity index is 1050. The van der Waals surface area contributed by atoms with Gasteiger partial charge in [-0.05, 0) is 43.4 Å². The zero-order chi connectivity index (χ0) is 25.9. The fourth-order valence-electron chi connectivity index (χ4n) is 5.39. The number of aryl methyl sites for hydroxylation is 2. The SMILES string of the molecule is Cc1cccc(CN(C(=O)CC(C)(C)C)C2CC(C(=O)N3CCNCC3)N(Cc3ccc(C)s3)C2)c1. The number of piperazine rings is 1. The van der Waals surface area contributed by atoms with Crippen LogP contribution < -0.4 is 5.32 Å². The molecule has 2 unspecified atom stereocenters. The third kappa shape index (κ3) is 6.96. The van der Waals surface area contributed by atoms with Crippen LogP contribution in [0, 0.1) is 19.3 Å². The minimum absolute atomic E-state index is 0.0123. The Labute approximate surface area is 220 Å². The highest BCUT2D eigenvalue weighted by atomic mass is 32.1. The zero-order valence-electron chi connectivity index (χ0n) is 22.5. The number of likely N-dealkylation sites (tertiary alicyclic amines) is 1. The molecule has 2 atom stereocenters. The lowest BCUT2D eigenvalue weighted by Crippen LogP contribution is -2.52. The van der Waals surface area contributed by atoms with E-state index in [0.29, 0.717) is 19.4 Å². The van der Waals surface area contributed by atoms with E-state index < -0.39 is 0 Å². The monoisotopic (exact) mass is 510 g/mol. The number of benzene rings is 1. The van der Waals surface area contributed by atoms with Crippen LogP contribution in [0.5, 0.6) is 0 Å². The first-order valence-electron chi connectivity index (χ1n) is 13.2. The molecule has 0 saturated carbocycles. The average Bonchev–Trinajstić information content (AvgIpc) is 3.42. The Hall–Kier alpha value is -2.22. The summed E-state index contributed by atoms with van der Waals surface area (Å²) in [5.41, 5.74) is 2.25. The van der Waals surface area contributed by atoms with Crippen molar-refractivity contribution in [1.82, 2.24) is 20.0 Å². The smallest absolute Gasteiger partial charge is 0.240 e. The molecule has 1 aromatic carbocycles. The Morgan fingerprint density at radius 1 is 1.11 bits per heavy atom. The number of nitrogens with zero attached hydrogens (tertiary/aromatic N) is 3. The summed E-state index contributed by atoms with van der Waals surface area (Å²) < 4.78 is 0. The standard InChI is InChI=1S/C29H42N4O2S/c1-21-7-6-8-23(15-21)18-33(27(34)17-29(3,4)5)24-16-26(28(35)31-13-11-30-12-14-31)32(19-24)20-25-10-9-22(2)36-25/h6-10,15,24,26,30H,11-14,16-20H2,1-5H3. The van der Waals surface area contributed by atoms with Crippen LogP contribution in [0.15, 0.2) is 36.4 Å². The van der Waals surface area contributed by atoms with E-state index in [-0.39, 0.29) is 29.3 Å². The van der Waals surface area contributed by atoms with E-state index in [2.05, 4.69) is 86.1 Å². The van der Waals surface area contributed by atoms with Crippen molar-refractivity contribution in [1.29, 1.82) is 0 Å². The molecule has 0 spiro atoms. The molecule has 1 aromatic heterocycles. The van der Waals surface area contributed by atoms with Gasteiger partial charge in [0.05, 0.1) is 6.04 Å². The Kier molecular flexibility index (Phi) is 8.53. The van der Waals surface area contributed by atoms with Crippen LogP contribution in [0.1, 0.15) is 54.5 Å². The van der Waals surface area contributed by atoms with Gasteiger partial charge in [0.1, 0.15) is 0 Å². The van der Waals surface area contributed by atoms with Crippen LogP contribution in [0.3, 0.4) is 0 Å². The number of nitrogens with one attached hydrogen (secondary N) is 1. The molecule has 2 aliphatic rings. The van der Waals surface area contributed by atoms with E-state index in [0.717, 1.165) is 44.8 Å². The number of carbonyl (C=O) groups excluding carboxylic acids is 2. The molecule has 7 heteroatoms. The molecule has 4 rings (SSSR count). The summed E-state index contributed by atoms with van der Waals surface area (Å²) in [4.78, 5) is 36.4. The van der Waals surface area contributed by atoms with Gasteiger partial charge in [-0.2, -0.15) is 0 Å². The van der Waals surface area contributed by atoms with Crippen molar-refractivity contribution in [3.05, 3.63) is 57.3 Å². The van der Waals surface area contributed by atoms with Crippen molar-refractivity contribution >= 4 is 23.2 Å². The molecule has 0 aliphatic carbocycles. The minimum Gasteiger partial charge on any atom is -0.339 e. The maximum atomic E-state index is 13.7. The third-order valence-electron chi connectivity index (χ3n) is 7.13. The van der Waals surface area contributed by atoms with E-state index in [9.17, 15) is 9.59 Å². The van der Waals surface area contributed by atoms with Crippen molar-refractivity contribution in [3.63, 3.8) is 0 Å². The van der Waals surface area contributed by atoms with Crippen molar-refractivity contribution in [3.8, 4) is 0 Å². The average molecular weight is 511 g/mol. The molecule has 0 bridgehead atoms. The Balaban J connectivity index is 1.60. The summed E-state index contributed by atoms with van der Waals surface area (Å²) in [7, 11) is 0. The van der Waals surface area contributed by atoms with Gasteiger partial charge in [0, 0.05) is 68.0 Å². The first-order valence-corrected chi connectivity index (χ1v) is 14.0. The molecule has 2 aromatic rings. The van der Waals surface area contributed by atoms with Gasteiger partial charge >= 0.3 is 0 Å². The van der Waals surface area contributed by atoms with Crippen molar-refractivity contribution in [2.75, 3.05) is 32.7 Å². The fraction of sp³-hybridized carbons (Fsp3) is 0.586. The van der Waals surface area contributed by atoms with Crippen LogP contribution >= 0.6 is 11.3 Å². The van der Waals surface area contributed by atoms with Crippen molar-refractivity contribution in [2.45, 2.75) is 72.6 Å². The lowest BCUT2D eigenvalue weighted by atomic mass is 9.91. The number of hydrogen-bond acceptors (Lipinski definition) is 5. The normalized spacial score (nSPS) is 21.1. The second-order valence-electron chi connectivity index (χ2n) is 11.7. The first-order chi connectivity index (χ1) is 17.1. The molecule has 0 radical (unpaired) electrons. The summed E-state index contributed by atoms with van der Waals surface area (Å²) in [5.74, 6) is 0.391. The van der Waals surface area contributed by atoms with Crippen molar-refractivity contribution < 1.29 is 9.59 Å². The van der Waals surface area contributed by atoms with Gasteiger partial charge < -0.3 is 15.1 Å². The molecule has 2 amide bonds. The summed E-state index contributed by atoms with van der Waals surface area (Å²) >= 11 is 1.79. The van der Waals surface area contributed by atoms with Gasteiger partial charge in [-0.1, -0.05) is 50.6 Å². The summed E-state index contributed by atoms with van der Waals surface area (Å²) in [6.07, 6.45) is 1.19. The fourth-order valence-corrected chi connectivity index (χ4v) is 6.30. The van der Waals surface area contributed by atoms with Crippen LogP contribution in [-0.4, -0.2) is 71.3 Å². The van der Waals surface area contributed by atoms with Gasteiger partial charge in [0.15, 0.2) is 0 Å². The highest BCUT2D eigenvalue weighted by molar-refractivity contribution is 7.11. The predicted octanol–water partition coefficient (Wildman–Crippen LogP) is 4.20. The minimum atomic E-state index is -0.196. The molecule has 2 aliphatic heterocycles. The largest absolute Gasteiger partial charge is 0.339 e. The Morgan fingerprint density at radius 3 is 2.50 bits per heavy atom. The van der Waals surface area contributed by atoms with Gasteiger partial charge in [0.25, 0.3) is 0 Å². The Morgan fingerprint density at radius 2 is 1.86 bits per heavy atom. The van der Waals surface area contributed by atoms with E-state index in [1.54, 1.807) is 11.3 Å². The van der Waals surface area contributed by atoms with Crippen LogP contribution in [0.2, 0.25) is 0 Å². The number of hydrogen-bond donors (Lipinski definition) is 1. The number of carbonyl (C=O) groups is 2. The predicted molar refractivity (Wildman–Crippen MR) is 147 cm³/mol. The van der Waals surface area contributed by atoms with Crippen LogP contribution in [0.4, 0.5) is 0 Å². The highest BCUT2D eigenvalue weighted by Crippen LogP contribution is 2.31. The molecule has 1 N–H and O–H groups in total. The second kappa shape index (κ2) is 11.4. The number of rotatable bonds is 7. The highest BCUT2D eigenvalue weighted by Gasteiger charge is 2.42. The van der Waals surface area contributed by atoms with E-state index >= 15 is 0 Å². The maximum Gasteiger partial charge on any atom is 0.240 e. The van der Waals surface area contributed by atoms with Gasteiger partial charge in [0.2, 0.25) is 11.8 Å². The topological polar surface area (TPSA) is 55.9 Å². The van der Waals surface area contributed by atoms with Gasteiger partial charge in [-0.25, -0.2) is 0 Å². The lowest BCUT2D eigenvalue weighted by molar-refractivity contribution is -0.138. The van der Waals surface area contributed by atoms with Crippen molar-refractivity contribution in [2.24, 2.45) is 5.41 Å². The molecule has 36 heavy (non-hydrogen) atoms. The van der Waals surface area contributed by atoms with E-state index in [1.807, 2.05) is 4.90 Å². The number of thiophene rings is 1. The molecule has 196 valence electrons. The summed E-state index contributed by atoms with van der Waals surface area (Å²) in [5, 5.41) is 3.35. The quantitative estimate of drug-likeness (QED) is 0.607. The van der Waals surface area contributed by atoms with Gasteiger partial charge in [-0.3, -0.25) is 14.5 Å². The first kappa shape index (κ1) is 26.8. The second-order valence-corrected chi connectivity index (χ2v) is 13.0. The summed E-state index contributed by atoms with van der Waals surface area (Å²) in [6, 6.07) is 12.6. The van der Waals surface area contributed by atoms with E-state index in [4.69, 9.17) is 0 Å². The van der Waals surface area contributed by atoms with E-state index in [1.165, 1.54) is 15.3 Å². The van der Waals surface area contributed by atoms with Crippen LogP contribution in [0.25, 0.3) is 0 Å². The third-order valence-corrected chi connectivity index (χ3v) is 8.11. The molecule has 2 saturated heterocycles. The van der Waals surface area contributed by atoms with Gasteiger partial charge in [-0.15, -0.1) is 11.3 Å². The number of amides is 2. The molecular weight excluding hydrogens is 468 g/mol. The summed E-state index contributed by atoms with van der Waals surface area (Å²) in [6.45, 7) is 15.8. The maximum absolute atomic E-state index is 13.7. The molecule has 2 fully saturated rings. The molecule has 6 nitrogen and oxygen atoms in total. The zero-order valence-corrected chi connectivity index (χ0v) is 23.4.